The Morgan fingerprint density at radius 2 is 1.80 bits per heavy atom. The molecule has 1 saturated heterocycles. The van der Waals surface area contributed by atoms with Crippen molar-refractivity contribution in [3.05, 3.63) is 35.9 Å². The van der Waals surface area contributed by atoms with Crippen molar-refractivity contribution in [3.63, 3.8) is 0 Å². The van der Waals surface area contributed by atoms with Gasteiger partial charge in [-0.3, -0.25) is 4.79 Å². The average Bonchev–Trinajstić information content (AvgIpc) is 2.51. The third-order valence-electron chi connectivity index (χ3n) is 4.53. The molecule has 0 spiro atoms. The van der Waals surface area contributed by atoms with Crippen molar-refractivity contribution in [1.82, 2.24) is 10.2 Å². The zero-order valence-corrected chi connectivity index (χ0v) is 17.0. The highest BCUT2D eigenvalue weighted by atomic mass is 35.5. The normalized spacial score (nSPS) is 21.6. The lowest BCUT2D eigenvalue weighted by atomic mass is 9.92. The summed E-state index contributed by atoms with van der Waals surface area (Å²) in [6.07, 6.45) is 2.92. The molecule has 144 valence electrons. The minimum atomic E-state index is -0.465. The first-order chi connectivity index (χ1) is 11.0. The smallest absolute Gasteiger partial charge is 0.237 e. The molecule has 2 rings (SSSR count). The van der Waals surface area contributed by atoms with Gasteiger partial charge in [-0.15, -0.1) is 24.8 Å². The topological polar surface area (TPSA) is 58.4 Å². The van der Waals surface area contributed by atoms with E-state index in [-0.39, 0.29) is 30.7 Å². The van der Waals surface area contributed by atoms with E-state index in [1.54, 1.807) is 0 Å². The van der Waals surface area contributed by atoms with Crippen LogP contribution in [-0.2, 0) is 11.2 Å². The van der Waals surface area contributed by atoms with E-state index in [9.17, 15) is 4.79 Å². The summed E-state index contributed by atoms with van der Waals surface area (Å²) < 4.78 is 0. The molecule has 6 heteroatoms. The van der Waals surface area contributed by atoms with Crippen LogP contribution < -0.4 is 11.1 Å². The highest BCUT2D eigenvalue weighted by Crippen LogP contribution is 2.20. The average molecular weight is 390 g/mol. The summed E-state index contributed by atoms with van der Waals surface area (Å²) in [5, 5.41) is 2.97. The monoisotopic (exact) mass is 389 g/mol. The molecule has 4 nitrogen and oxygen atoms in total. The molecular formula is C19H33Cl2N3O. The SMILES string of the molecule is CC1CC(C)CN(CCCNC(=O)C(N)Cc2ccccc2)C1.Cl.Cl. The van der Waals surface area contributed by atoms with E-state index in [4.69, 9.17) is 5.73 Å². The van der Waals surface area contributed by atoms with Crippen molar-refractivity contribution in [2.45, 2.75) is 39.2 Å². The molecule has 1 aliphatic heterocycles. The summed E-state index contributed by atoms with van der Waals surface area (Å²) in [5.41, 5.74) is 7.09. The number of hydrogen-bond donors (Lipinski definition) is 2. The fourth-order valence-electron chi connectivity index (χ4n) is 3.58. The number of nitrogens with zero attached hydrogens (tertiary/aromatic N) is 1. The second-order valence-electron chi connectivity index (χ2n) is 7.15. The van der Waals surface area contributed by atoms with E-state index in [2.05, 4.69) is 24.1 Å². The number of likely N-dealkylation sites (tertiary alicyclic amines) is 1. The van der Waals surface area contributed by atoms with Gasteiger partial charge in [0.1, 0.15) is 0 Å². The van der Waals surface area contributed by atoms with Crippen LogP contribution >= 0.6 is 24.8 Å². The summed E-state index contributed by atoms with van der Waals surface area (Å²) in [4.78, 5) is 14.6. The number of carbonyl (C=O) groups excluding carboxylic acids is 1. The highest BCUT2D eigenvalue weighted by molar-refractivity contribution is 5.85. The van der Waals surface area contributed by atoms with Crippen LogP contribution in [0, 0.1) is 11.8 Å². The van der Waals surface area contributed by atoms with Gasteiger partial charge in [0.2, 0.25) is 5.91 Å². The number of carbonyl (C=O) groups is 1. The lowest BCUT2D eigenvalue weighted by Crippen LogP contribution is -2.43. The van der Waals surface area contributed by atoms with Gasteiger partial charge in [-0.1, -0.05) is 44.2 Å². The summed E-state index contributed by atoms with van der Waals surface area (Å²) in [6, 6.07) is 9.46. The molecule has 0 radical (unpaired) electrons. The Hall–Kier alpha value is -0.810. The van der Waals surface area contributed by atoms with Crippen molar-refractivity contribution >= 4 is 30.7 Å². The Labute approximate surface area is 164 Å². The molecule has 1 amide bonds. The molecule has 1 aromatic rings. The van der Waals surface area contributed by atoms with Gasteiger partial charge >= 0.3 is 0 Å². The summed E-state index contributed by atoms with van der Waals surface area (Å²) >= 11 is 0. The van der Waals surface area contributed by atoms with Gasteiger partial charge in [-0.2, -0.15) is 0 Å². The molecule has 1 aromatic carbocycles. The number of nitrogens with two attached hydrogens (primary N) is 1. The van der Waals surface area contributed by atoms with Gasteiger partial charge in [0.15, 0.2) is 0 Å². The first kappa shape index (κ1) is 24.2. The van der Waals surface area contributed by atoms with Crippen LogP contribution in [0.4, 0.5) is 0 Å². The predicted molar refractivity (Wildman–Crippen MR) is 110 cm³/mol. The van der Waals surface area contributed by atoms with Crippen molar-refractivity contribution in [2.75, 3.05) is 26.2 Å². The van der Waals surface area contributed by atoms with Crippen molar-refractivity contribution in [3.8, 4) is 0 Å². The number of amides is 1. The van der Waals surface area contributed by atoms with Gasteiger partial charge in [0.25, 0.3) is 0 Å². The quantitative estimate of drug-likeness (QED) is 0.704. The van der Waals surface area contributed by atoms with Gasteiger partial charge in [0.05, 0.1) is 6.04 Å². The summed E-state index contributed by atoms with van der Waals surface area (Å²) in [5.74, 6) is 1.52. The molecule has 0 bridgehead atoms. The molecule has 0 aromatic heterocycles. The fourth-order valence-corrected chi connectivity index (χ4v) is 3.58. The minimum Gasteiger partial charge on any atom is -0.355 e. The Morgan fingerprint density at radius 1 is 1.20 bits per heavy atom. The number of rotatable bonds is 7. The molecule has 25 heavy (non-hydrogen) atoms. The Balaban J connectivity index is 0.00000288. The Morgan fingerprint density at radius 3 is 2.40 bits per heavy atom. The number of benzene rings is 1. The first-order valence-electron chi connectivity index (χ1n) is 8.84. The van der Waals surface area contributed by atoms with E-state index >= 15 is 0 Å². The first-order valence-corrected chi connectivity index (χ1v) is 8.84. The molecule has 3 N–H and O–H groups in total. The Kier molecular flexibility index (Phi) is 12.1. The van der Waals surface area contributed by atoms with Gasteiger partial charge < -0.3 is 16.0 Å². The van der Waals surface area contributed by atoms with Crippen LogP contribution in [-0.4, -0.2) is 43.0 Å². The van der Waals surface area contributed by atoms with Crippen LogP contribution in [0.3, 0.4) is 0 Å². The number of piperidine rings is 1. The second-order valence-corrected chi connectivity index (χ2v) is 7.15. The van der Waals surface area contributed by atoms with Crippen LogP contribution in [0.15, 0.2) is 30.3 Å². The molecule has 1 aliphatic rings. The van der Waals surface area contributed by atoms with E-state index < -0.39 is 6.04 Å². The zero-order chi connectivity index (χ0) is 16.7. The molecule has 3 unspecified atom stereocenters. The van der Waals surface area contributed by atoms with Crippen molar-refractivity contribution < 1.29 is 4.79 Å². The van der Waals surface area contributed by atoms with Gasteiger partial charge in [0, 0.05) is 19.6 Å². The van der Waals surface area contributed by atoms with E-state index in [0.29, 0.717) is 13.0 Å². The van der Waals surface area contributed by atoms with E-state index in [0.717, 1.165) is 30.4 Å². The molecule has 1 fully saturated rings. The van der Waals surface area contributed by atoms with Crippen molar-refractivity contribution in [2.24, 2.45) is 17.6 Å². The van der Waals surface area contributed by atoms with Crippen LogP contribution in [0.2, 0.25) is 0 Å². The second kappa shape index (κ2) is 12.5. The maximum Gasteiger partial charge on any atom is 0.237 e. The molecule has 0 saturated carbocycles. The van der Waals surface area contributed by atoms with Crippen LogP contribution in [0.1, 0.15) is 32.3 Å². The summed E-state index contributed by atoms with van der Waals surface area (Å²) in [6.45, 7) is 8.79. The van der Waals surface area contributed by atoms with Crippen molar-refractivity contribution in [1.29, 1.82) is 0 Å². The highest BCUT2D eigenvalue weighted by Gasteiger charge is 2.21. The van der Waals surface area contributed by atoms with Crippen LogP contribution in [0.25, 0.3) is 0 Å². The van der Waals surface area contributed by atoms with Gasteiger partial charge in [-0.25, -0.2) is 0 Å². The molecular weight excluding hydrogens is 357 g/mol. The number of halogens is 2. The van der Waals surface area contributed by atoms with E-state index in [1.807, 2.05) is 30.3 Å². The standard InChI is InChI=1S/C19H31N3O.2ClH/c1-15-11-16(2)14-22(13-15)10-6-9-21-19(23)18(20)12-17-7-4-3-5-8-17;;/h3-5,7-8,15-16,18H,6,9-14,20H2,1-2H3,(H,21,23);2*1H. The summed E-state index contributed by atoms with van der Waals surface area (Å²) in [7, 11) is 0. The molecule has 1 heterocycles. The lowest BCUT2D eigenvalue weighted by Gasteiger charge is -2.34. The predicted octanol–water partition coefficient (Wildman–Crippen LogP) is 2.88. The Bertz CT molecular complexity index is 477. The fraction of sp³-hybridized carbons (Fsp3) is 0.632. The maximum absolute atomic E-state index is 12.1. The zero-order valence-electron chi connectivity index (χ0n) is 15.3. The molecule has 0 aliphatic carbocycles. The van der Waals surface area contributed by atoms with Gasteiger partial charge in [-0.05, 0) is 43.2 Å². The molecule has 3 atom stereocenters. The number of nitrogens with one attached hydrogen (secondary N) is 1. The number of hydrogen-bond acceptors (Lipinski definition) is 3. The third-order valence-corrected chi connectivity index (χ3v) is 4.53. The largest absolute Gasteiger partial charge is 0.355 e. The van der Waals surface area contributed by atoms with Crippen LogP contribution in [0.5, 0.6) is 0 Å². The lowest BCUT2D eigenvalue weighted by molar-refractivity contribution is -0.122. The maximum atomic E-state index is 12.1. The van der Waals surface area contributed by atoms with E-state index in [1.165, 1.54) is 19.5 Å². The minimum absolute atomic E-state index is 0. The third kappa shape index (κ3) is 8.91.